The molecule has 0 atom stereocenters. The number of aromatic amines is 2. The van der Waals surface area contributed by atoms with Gasteiger partial charge in [-0.1, -0.05) is 11.6 Å². The molecule has 0 spiro atoms. The van der Waals surface area contributed by atoms with Gasteiger partial charge < -0.3 is 15.0 Å². The number of carbonyl (C=O) groups is 1. The van der Waals surface area contributed by atoms with Crippen molar-refractivity contribution in [2.75, 3.05) is 5.32 Å². The second-order valence-electron chi connectivity index (χ2n) is 3.98. The van der Waals surface area contributed by atoms with Gasteiger partial charge in [-0.15, -0.1) is 0 Å². The Hall–Kier alpha value is -2.68. The fourth-order valence-electron chi connectivity index (χ4n) is 1.56. The molecule has 0 saturated carbocycles. The van der Waals surface area contributed by atoms with E-state index in [0.717, 1.165) is 12.1 Å². The van der Waals surface area contributed by atoms with E-state index in [9.17, 15) is 23.2 Å². The zero-order chi connectivity index (χ0) is 16.3. The number of amides is 1. The molecule has 0 radical (unpaired) electrons. The summed E-state index contributed by atoms with van der Waals surface area (Å²) in [5, 5.41) is 2.20. The lowest BCUT2D eigenvalue weighted by Crippen LogP contribution is -2.27. The van der Waals surface area contributed by atoms with E-state index in [4.69, 9.17) is 11.6 Å². The summed E-state index contributed by atoms with van der Waals surface area (Å²) in [7, 11) is 0. The summed E-state index contributed by atoms with van der Waals surface area (Å²) in [4.78, 5) is 38.1. The van der Waals surface area contributed by atoms with Crippen LogP contribution in [0.2, 0.25) is 5.02 Å². The normalized spacial score (nSPS) is 10.5. The number of rotatable bonds is 4. The van der Waals surface area contributed by atoms with Crippen LogP contribution in [0.4, 0.5) is 14.5 Å². The number of aromatic nitrogens is 2. The van der Waals surface area contributed by atoms with Crippen molar-refractivity contribution in [2.24, 2.45) is 0 Å². The van der Waals surface area contributed by atoms with Gasteiger partial charge in [0.25, 0.3) is 11.5 Å². The first-order valence-electron chi connectivity index (χ1n) is 5.74. The van der Waals surface area contributed by atoms with Crippen molar-refractivity contribution in [3.63, 3.8) is 0 Å². The summed E-state index contributed by atoms with van der Waals surface area (Å²) in [6, 6.07) is 4.49. The zero-order valence-corrected chi connectivity index (χ0v) is 11.4. The van der Waals surface area contributed by atoms with E-state index < -0.39 is 23.8 Å². The Morgan fingerprint density at radius 1 is 1.23 bits per heavy atom. The Morgan fingerprint density at radius 2 is 1.95 bits per heavy atom. The van der Waals surface area contributed by atoms with Crippen LogP contribution in [0.1, 0.15) is 10.5 Å². The van der Waals surface area contributed by atoms with E-state index in [1.54, 1.807) is 0 Å². The lowest BCUT2D eigenvalue weighted by atomic mass is 10.3. The molecule has 116 valence electrons. The fourth-order valence-corrected chi connectivity index (χ4v) is 1.78. The van der Waals surface area contributed by atoms with Gasteiger partial charge in [-0.05, 0) is 18.2 Å². The van der Waals surface area contributed by atoms with Crippen LogP contribution in [-0.4, -0.2) is 22.5 Å². The highest BCUT2D eigenvalue weighted by Crippen LogP contribution is 2.28. The summed E-state index contributed by atoms with van der Waals surface area (Å²) in [6.07, 6.45) is 0. The minimum absolute atomic E-state index is 0.141. The SMILES string of the molecule is O=C(Nc1ccc(OC(F)F)c(Cl)c1)c1cc(=O)[nH]c(=O)[nH]1. The van der Waals surface area contributed by atoms with Gasteiger partial charge in [0.15, 0.2) is 0 Å². The van der Waals surface area contributed by atoms with E-state index in [-0.39, 0.29) is 22.2 Å². The molecule has 0 aliphatic rings. The van der Waals surface area contributed by atoms with E-state index in [1.165, 1.54) is 12.1 Å². The molecule has 0 saturated heterocycles. The van der Waals surface area contributed by atoms with Gasteiger partial charge in [0.1, 0.15) is 11.4 Å². The number of anilines is 1. The molecule has 22 heavy (non-hydrogen) atoms. The van der Waals surface area contributed by atoms with Crippen LogP contribution in [0.15, 0.2) is 33.9 Å². The standard InChI is InChI=1S/C12H8ClF2N3O4/c13-6-3-5(1-2-8(6)22-11(14)15)16-10(20)7-4-9(19)18-12(21)17-7/h1-4,11H,(H,16,20)(H2,17,18,19,21). The van der Waals surface area contributed by atoms with Crippen LogP contribution < -0.4 is 21.3 Å². The van der Waals surface area contributed by atoms with Crippen molar-refractivity contribution in [1.82, 2.24) is 9.97 Å². The maximum absolute atomic E-state index is 12.1. The van der Waals surface area contributed by atoms with Gasteiger partial charge in [-0.2, -0.15) is 8.78 Å². The monoisotopic (exact) mass is 331 g/mol. The summed E-state index contributed by atoms with van der Waals surface area (Å²) in [5.74, 6) is -1.03. The first-order valence-corrected chi connectivity index (χ1v) is 6.12. The Balaban J connectivity index is 2.20. The molecule has 2 rings (SSSR count). The van der Waals surface area contributed by atoms with E-state index in [1.807, 2.05) is 4.98 Å². The highest BCUT2D eigenvalue weighted by atomic mass is 35.5. The number of benzene rings is 1. The largest absolute Gasteiger partial charge is 0.433 e. The highest BCUT2D eigenvalue weighted by Gasteiger charge is 2.12. The number of hydrogen-bond donors (Lipinski definition) is 3. The fraction of sp³-hybridized carbons (Fsp3) is 0.0833. The van der Waals surface area contributed by atoms with Crippen LogP contribution >= 0.6 is 11.6 Å². The van der Waals surface area contributed by atoms with Crippen LogP contribution in [0.5, 0.6) is 5.75 Å². The average Bonchev–Trinajstić information content (AvgIpc) is 2.40. The zero-order valence-electron chi connectivity index (χ0n) is 10.7. The van der Waals surface area contributed by atoms with Crippen LogP contribution in [0.25, 0.3) is 0 Å². The van der Waals surface area contributed by atoms with Gasteiger partial charge in [0, 0.05) is 11.8 Å². The third-order valence-electron chi connectivity index (χ3n) is 2.41. The van der Waals surface area contributed by atoms with Crippen molar-refractivity contribution in [3.05, 3.63) is 55.8 Å². The Labute approximate surface area is 125 Å². The molecule has 0 aliphatic carbocycles. The van der Waals surface area contributed by atoms with Crippen molar-refractivity contribution in [2.45, 2.75) is 6.61 Å². The molecule has 1 heterocycles. The summed E-state index contributed by atoms with van der Waals surface area (Å²) in [6.45, 7) is -3.03. The number of carbonyl (C=O) groups excluding carboxylic acids is 1. The van der Waals surface area contributed by atoms with Gasteiger partial charge in [0.2, 0.25) is 0 Å². The highest BCUT2D eigenvalue weighted by molar-refractivity contribution is 6.32. The van der Waals surface area contributed by atoms with Crippen LogP contribution in [0.3, 0.4) is 0 Å². The maximum Gasteiger partial charge on any atom is 0.387 e. The topological polar surface area (TPSA) is 104 Å². The van der Waals surface area contributed by atoms with Crippen molar-refractivity contribution in [1.29, 1.82) is 0 Å². The van der Waals surface area contributed by atoms with E-state index in [2.05, 4.69) is 15.0 Å². The number of H-pyrrole nitrogens is 2. The first-order chi connectivity index (χ1) is 10.3. The predicted octanol–water partition coefficient (Wildman–Crippen LogP) is 1.57. The summed E-state index contributed by atoms with van der Waals surface area (Å²) >= 11 is 5.73. The second-order valence-corrected chi connectivity index (χ2v) is 4.39. The number of ether oxygens (including phenoxy) is 1. The Kier molecular flexibility index (Phi) is 4.56. The predicted molar refractivity (Wildman–Crippen MR) is 73.7 cm³/mol. The lowest BCUT2D eigenvalue weighted by Gasteiger charge is -2.09. The molecule has 0 bridgehead atoms. The van der Waals surface area contributed by atoms with Crippen molar-refractivity contribution < 1.29 is 18.3 Å². The Morgan fingerprint density at radius 3 is 2.55 bits per heavy atom. The average molecular weight is 332 g/mol. The molecule has 0 unspecified atom stereocenters. The third kappa shape index (κ3) is 3.92. The molecule has 7 nitrogen and oxygen atoms in total. The van der Waals surface area contributed by atoms with Crippen molar-refractivity contribution in [3.8, 4) is 5.75 Å². The molecular formula is C12H8ClF2N3O4. The third-order valence-corrected chi connectivity index (χ3v) is 2.71. The maximum atomic E-state index is 12.1. The molecule has 3 N–H and O–H groups in total. The van der Waals surface area contributed by atoms with Gasteiger partial charge in [0.05, 0.1) is 5.02 Å². The molecule has 10 heteroatoms. The molecule has 1 aromatic heterocycles. The van der Waals surface area contributed by atoms with E-state index in [0.29, 0.717) is 0 Å². The molecule has 1 amide bonds. The van der Waals surface area contributed by atoms with Crippen LogP contribution in [0, 0.1) is 0 Å². The minimum Gasteiger partial charge on any atom is -0.433 e. The first kappa shape index (κ1) is 15.7. The molecule has 0 aliphatic heterocycles. The molecular weight excluding hydrogens is 324 g/mol. The van der Waals surface area contributed by atoms with Gasteiger partial charge in [-0.25, -0.2) is 4.79 Å². The van der Waals surface area contributed by atoms with E-state index >= 15 is 0 Å². The minimum atomic E-state index is -3.03. The second kappa shape index (κ2) is 6.39. The number of hydrogen-bond acceptors (Lipinski definition) is 4. The number of halogens is 3. The Bertz CT molecular complexity index is 790. The lowest BCUT2D eigenvalue weighted by molar-refractivity contribution is -0.0497. The quantitative estimate of drug-likeness (QED) is 0.791. The number of nitrogens with one attached hydrogen (secondary N) is 3. The van der Waals surface area contributed by atoms with Crippen molar-refractivity contribution >= 4 is 23.2 Å². The molecule has 1 aromatic carbocycles. The summed E-state index contributed by atoms with van der Waals surface area (Å²) < 4.78 is 28.3. The smallest absolute Gasteiger partial charge is 0.387 e. The van der Waals surface area contributed by atoms with Gasteiger partial charge >= 0.3 is 12.3 Å². The molecule has 0 fully saturated rings. The van der Waals surface area contributed by atoms with Gasteiger partial charge in [-0.3, -0.25) is 14.6 Å². The number of alkyl halides is 2. The molecule has 2 aromatic rings. The van der Waals surface area contributed by atoms with Crippen LogP contribution in [-0.2, 0) is 0 Å². The summed E-state index contributed by atoms with van der Waals surface area (Å²) in [5.41, 5.74) is -1.68.